The number of esters is 1. The smallest absolute Gasteiger partial charge is 0.325 e. The van der Waals surface area contributed by atoms with E-state index < -0.39 is 5.97 Å². The predicted molar refractivity (Wildman–Crippen MR) is 90.8 cm³/mol. The van der Waals surface area contributed by atoms with Gasteiger partial charge in [-0.2, -0.15) is 5.10 Å². The highest BCUT2D eigenvalue weighted by atomic mass is 35.5. The zero-order valence-corrected chi connectivity index (χ0v) is 14.7. The summed E-state index contributed by atoms with van der Waals surface area (Å²) in [6.07, 6.45) is 1.74. The van der Waals surface area contributed by atoms with Crippen LogP contribution in [0.25, 0.3) is 0 Å². The molecule has 0 saturated heterocycles. The van der Waals surface area contributed by atoms with Crippen LogP contribution < -0.4 is 0 Å². The van der Waals surface area contributed by atoms with Gasteiger partial charge in [0, 0.05) is 23.8 Å². The molecule has 0 N–H and O–H groups in total. The van der Waals surface area contributed by atoms with Crippen molar-refractivity contribution in [3.8, 4) is 0 Å². The molecule has 0 unspecified atom stereocenters. The van der Waals surface area contributed by atoms with Gasteiger partial charge in [-0.3, -0.25) is 14.3 Å². The number of hydrogen-bond donors (Lipinski definition) is 0. The lowest BCUT2D eigenvalue weighted by Gasteiger charge is -2.21. The number of hydrogen-bond acceptors (Lipinski definition) is 4. The van der Waals surface area contributed by atoms with E-state index in [1.54, 1.807) is 23.0 Å². The maximum Gasteiger partial charge on any atom is 0.325 e. The number of halogens is 1. The van der Waals surface area contributed by atoms with Gasteiger partial charge in [0.2, 0.25) is 0 Å². The van der Waals surface area contributed by atoms with E-state index in [1.165, 1.54) is 12.0 Å². The molecular formula is C17H20ClN3O3. The third-order valence-corrected chi connectivity index (χ3v) is 3.88. The minimum absolute atomic E-state index is 0.143. The van der Waals surface area contributed by atoms with E-state index in [0.29, 0.717) is 5.02 Å². The number of carbonyl (C=O) groups is 2. The molecule has 1 aromatic heterocycles. The summed E-state index contributed by atoms with van der Waals surface area (Å²) >= 11 is 6.16. The van der Waals surface area contributed by atoms with Crippen LogP contribution >= 0.6 is 11.6 Å². The summed E-state index contributed by atoms with van der Waals surface area (Å²) in [5.74, 6) is -0.849. The SMILES string of the molecule is COC(=O)CN(Cc1ccccc1Cl)C(=O)c1ccn(C(C)C)n1. The molecule has 0 aliphatic heterocycles. The molecule has 1 aromatic carbocycles. The summed E-state index contributed by atoms with van der Waals surface area (Å²) in [6, 6.07) is 8.97. The molecule has 0 fully saturated rings. The maximum absolute atomic E-state index is 12.7. The highest BCUT2D eigenvalue weighted by Gasteiger charge is 2.22. The van der Waals surface area contributed by atoms with E-state index in [2.05, 4.69) is 9.84 Å². The van der Waals surface area contributed by atoms with Crippen LogP contribution in [-0.2, 0) is 16.1 Å². The van der Waals surface area contributed by atoms with Crippen LogP contribution in [0.3, 0.4) is 0 Å². The van der Waals surface area contributed by atoms with Crippen molar-refractivity contribution >= 4 is 23.5 Å². The van der Waals surface area contributed by atoms with Crippen molar-refractivity contribution in [1.29, 1.82) is 0 Å². The van der Waals surface area contributed by atoms with E-state index in [9.17, 15) is 9.59 Å². The molecule has 2 rings (SSSR count). The Balaban J connectivity index is 2.25. The van der Waals surface area contributed by atoms with Gasteiger partial charge < -0.3 is 9.64 Å². The van der Waals surface area contributed by atoms with E-state index in [0.717, 1.165) is 5.56 Å². The molecule has 1 amide bonds. The highest BCUT2D eigenvalue weighted by Crippen LogP contribution is 2.18. The molecule has 0 saturated carbocycles. The van der Waals surface area contributed by atoms with Crippen LogP contribution in [0.15, 0.2) is 36.5 Å². The predicted octanol–water partition coefficient (Wildman–Crippen LogP) is 2.93. The Morgan fingerprint density at radius 2 is 2.00 bits per heavy atom. The van der Waals surface area contributed by atoms with Gasteiger partial charge in [0.05, 0.1) is 7.11 Å². The quantitative estimate of drug-likeness (QED) is 0.752. The molecule has 0 atom stereocenters. The lowest BCUT2D eigenvalue weighted by atomic mass is 10.2. The third-order valence-electron chi connectivity index (χ3n) is 3.51. The van der Waals surface area contributed by atoms with Crippen LogP contribution in [-0.4, -0.2) is 40.2 Å². The summed E-state index contributed by atoms with van der Waals surface area (Å²) < 4.78 is 6.38. The van der Waals surface area contributed by atoms with Crippen molar-refractivity contribution in [3.63, 3.8) is 0 Å². The number of rotatable bonds is 6. The van der Waals surface area contributed by atoms with Crippen LogP contribution in [0, 0.1) is 0 Å². The maximum atomic E-state index is 12.7. The zero-order chi connectivity index (χ0) is 17.7. The van der Waals surface area contributed by atoms with E-state index >= 15 is 0 Å². The topological polar surface area (TPSA) is 64.4 Å². The van der Waals surface area contributed by atoms with E-state index in [-0.39, 0.29) is 30.7 Å². The van der Waals surface area contributed by atoms with Crippen LogP contribution in [0.1, 0.15) is 35.9 Å². The van der Waals surface area contributed by atoms with Gasteiger partial charge in [0.15, 0.2) is 0 Å². The fraction of sp³-hybridized carbons (Fsp3) is 0.353. The van der Waals surface area contributed by atoms with Gasteiger partial charge in [0.25, 0.3) is 5.91 Å². The monoisotopic (exact) mass is 349 g/mol. The second kappa shape index (κ2) is 7.97. The lowest BCUT2D eigenvalue weighted by molar-refractivity contribution is -0.141. The molecule has 128 valence electrons. The molecule has 0 radical (unpaired) electrons. The van der Waals surface area contributed by atoms with Crippen LogP contribution in [0.5, 0.6) is 0 Å². The van der Waals surface area contributed by atoms with Gasteiger partial charge in [-0.1, -0.05) is 29.8 Å². The second-order valence-corrected chi connectivity index (χ2v) is 6.01. The average molecular weight is 350 g/mol. The first-order chi connectivity index (χ1) is 11.4. The molecule has 24 heavy (non-hydrogen) atoms. The molecule has 6 nitrogen and oxygen atoms in total. The number of methoxy groups -OCH3 is 1. The number of benzene rings is 1. The van der Waals surface area contributed by atoms with Crippen molar-refractivity contribution in [2.24, 2.45) is 0 Å². The van der Waals surface area contributed by atoms with Crippen molar-refractivity contribution in [2.75, 3.05) is 13.7 Å². The van der Waals surface area contributed by atoms with E-state index in [4.69, 9.17) is 11.6 Å². The minimum atomic E-state index is -0.501. The number of ether oxygens (including phenoxy) is 1. The molecule has 2 aromatic rings. The molecule has 0 aliphatic rings. The number of aromatic nitrogens is 2. The van der Waals surface area contributed by atoms with Gasteiger partial charge in [-0.25, -0.2) is 0 Å². The second-order valence-electron chi connectivity index (χ2n) is 5.60. The Bertz CT molecular complexity index is 727. The van der Waals surface area contributed by atoms with Crippen molar-refractivity contribution in [1.82, 2.24) is 14.7 Å². The molecule has 1 heterocycles. The summed E-state index contributed by atoms with van der Waals surface area (Å²) in [6.45, 7) is 3.96. The van der Waals surface area contributed by atoms with Gasteiger partial charge in [0.1, 0.15) is 12.2 Å². The Labute approximate surface area is 146 Å². The summed E-state index contributed by atoms with van der Waals surface area (Å²) in [5, 5.41) is 4.80. The van der Waals surface area contributed by atoms with Gasteiger partial charge in [-0.05, 0) is 31.5 Å². The minimum Gasteiger partial charge on any atom is -0.468 e. The Hall–Kier alpha value is -2.34. The lowest BCUT2D eigenvalue weighted by Crippen LogP contribution is -2.36. The van der Waals surface area contributed by atoms with E-state index in [1.807, 2.05) is 32.0 Å². The van der Waals surface area contributed by atoms with Crippen molar-refractivity contribution < 1.29 is 14.3 Å². The molecule has 0 bridgehead atoms. The molecule has 7 heteroatoms. The highest BCUT2D eigenvalue weighted by molar-refractivity contribution is 6.31. The molecule has 0 aliphatic carbocycles. The standard InChI is InChI=1S/C17H20ClN3O3/c1-12(2)21-9-8-15(19-21)17(23)20(11-16(22)24-3)10-13-6-4-5-7-14(13)18/h4-9,12H,10-11H2,1-3H3. The first kappa shape index (κ1) is 18.0. The van der Waals surface area contributed by atoms with Crippen molar-refractivity contribution in [2.45, 2.75) is 26.4 Å². The molecular weight excluding hydrogens is 330 g/mol. The Kier molecular flexibility index (Phi) is 5.98. The third kappa shape index (κ3) is 4.35. The summed E-state index contributed by atoms with van der Waals surface area (Å²) in [7, 11) is 1.29. The number of amides is 1. The summed E-state index contributed by atoms with van der Waals surface area (Å²) in [4.78, 5) is 25.8. The first-order valence-electron chi connectivity index (χ1n) is 7.57. The Morgan fingerprint density at radius 1 is 1.29 bits per heavy atom. The largest absolute Gasteiger partial charge is 0.468 e. The van der Waals surface area contributed by atoms with Crippen LogP contribution in [0.2, 0.25) is 5.02 Å². The van der Waals surface area contributed by atoms with Crippen LogP contribution in [0.4, 0.5) is 0 Å². The first-order valence-corrected chi connectivity index (χ1v) is 7.94. The Morgan fingerprint density at radius 3 is 2.58 bits per heavy atom. The number of carbonyl (C=O) groups excluding carboxylic acids is 2. The van der Waals surface area contributed by atoms with Gasteiger partial charge in [-0.15, -0.1) is 0 Å². The van der Waals surface area contributed by atoms with Crippen molar-refractivity contribution in [3.05, 3.63) is 52.8 Å². The fourth-order valence-corrected chi connectivity index (χ4v) is 2.35. The molecule has 0 spiro atoms. The zero-order valence-electron chi connectivity index (χ0n) is 13.9. The fourth-order valence-electron chi connectivity index (χ4n) is 2.15. The normalized spacial score (nSPS) is 10.7. The average Bonchev–Trinajstić information content (AvgIpc) is 3.05. The number of nitrogens with zero attached hydrogens (tertiary/aromatic N) is 3. The van der Waals surface area contributed by atoms with Gasteiger partial charge >= 0.3 is 5.97 Å². The summed E-state index contributed by atoms with van der Waals surface area (Å²) in [5.41, 5.74) is 1.03.